The zero-order valence-electron chi connectivity index (χ0n) is 13.0. The smallest absolute Gasteiger partial charge is 0.227 e. The molecule has 1 N–H and O–H groups in total. The van der Waals surface area contributed by atoms with E-state index in [0.29, 0.717) is 18.5 Å². The fourth-order valence-corrected chi connectivity index (χ4v) is 3.34. The fourth-order valence-electron chi connectivity index (χ4n) is 3.34. The number of nitrogens with zero attached hydrogens (tertiary/aromatic N) is 2. The second-order valence-electron chi connectivity index (χ2n) is 6.39. The first-order valence-electron chi connectivity index (χ1n) is 8.00. The first kappa shape index (κ1) is 14.4. The Kier molecular flexibility index (Phi) is 4.15. The zero-order valence-corrected chi connectivity index (χ0v) is 13.0. The van der Waals surface area contributed by atoms with Crippen LogP contribution in [0.25, 0.3) is 0 Å². The molecule has 21 heavy (non-hydrogen) atoms. The molecule has 4 heteroatoms. The number of likely N-dealkylation sites (tertiary alicyclic amines) is 1. The van der Waals surface area contributed by atoms with Crippen molar-refractivity contribution in [3.05, 3.63) is 24.3 Å². The number of rotatable bonds is 3. The summed E-state index contributed by atoms with van der Waals surface area (Å²) in [5, 5.41) is 3.65. The van der Waals surface area contributed by atoms with Crippen LogP contribution in [0.5, 0.6) is 0 Å². The van der Waals surface area contributed by atoms with Gasteiger partial charge in [-0.2, -0.15) is 0 Å². The molecule has 0 aromatic heterocycles. The first-order valence-corrected chi connectivity index (χ1v) is 8.00. The van der Waals surface area contributed by atoms with Crippen LogP contribution in [0.3, 0.4) is 0 Å². The molecule has 2 saturated heterocycles. The molecule has 0 aliphatic carbocycles. The Bertz CT molecular complexity index is 517. The lowest BCUT2D eigenvalue weighted by atomic mass is 9.98. The molecule has 2 aliphatic rings. The average Bonchev–Trinajstić information content (AvgIpc) is 2.89. The van der Waals surface area contributed by atoms with Gasteiger partial charge in [0, 0.05) is 43.0 Å². The van der Waals surface area contributed by atoms with Crippen molar-refractivity contribution in [2.24, 2.45) is 0 Å². The normalized spacial score (nSPS) is 27.1. The van der Waals surface area contributed by atoms with Crippen molar-refractivity contribution in [1.29, 1.82) is 0 Å². The summed E-state index contributed by atoms with van der Waals surface area (Å²) in [6, 6.07) is 9.45. The Hall–Kier alpha value is -1.55. The molecule has 2 fully saturated rings. The Morgan fingerprint density at radius 3 is 2.86 bits per heavy atom. The number of piperidine rings is 1. The lowest BCUT2D eigenvalue weighted by molar-refractivity contribution is -0.117. The number of amides is 1. The minimum atomic E-state index is 0.250. The highest BCUT2D eigenvalue weighted by molar-refractivity contribution is 5.95. The van der Waals surface area contributed by atoms with E-state index >= 15 is 0 Å². The minimum Gasteiger partial charge on any atom is -0.382 e. The molecule has 3 rings (SSSR count). The maximum absolute atomic E-state index is 11.9. The zero-order chi connectivity index (χ0) is 14.8. The highest BCUT2D eigenvalue weighted by Gasteiger charge is 2.24. The van der Waals surface area contributed by atoms with Gasteiger partial charge in [-0.25, -0.2) is 0 Å². The van der Waals surface area contributed by atoms with E-state index in [1.54, 1.807) is 0 Å². The largest absolute Gasteiger partial charge is 0.382 e. The predicted molar refractivity (Wildman–Crippen MR) is 86.8 cm³/mol. The Labute approximate surface area is 127 Å². The van der Waals surface area contributed by atoms with E-state index in [1.807, 2.05) is 17.0 Å². The van der Waals surface area contributed by atoms with Crippen LogP contribution in [0.4, 0.5) is 11.4 Å². The summed E-state index contributed by atoms with van der Waals surface area (Å²) in [7, 11) is 2.19. The topological polar surface area (TPSA) is 35.6 Å². The summed E-state index contributed by atoms with van der Waals surface area (Å²) < 4.78 is 0. The minimum absolute atomic E-state index is 0.250. The number of carbonyl (C=O) groups excluding carboxylic acids is 1. The Morgan fingerprint density at radius 1 is 1.29 bits per heavy atom. The summed E-state index contributed by atoms with van der Waals surface area (Å²) in [5.41, 5.74) is 2.16. The van der Waals surface area contributed by atoms with Gasteiger partial charge in [0.15, 0.2) is 0 Å². The van der Waals surface area contributed by atoms with Crippen molar-refractivity contribution < 1.29 is 4.79 Å². The van der Waals surface area contributed by atoms with Crippen molar-refractivity contribution in [2.45, 2.75) is 44.7 Å². The number of anilines is 2. The van der Waals surface area contributed by atoms with Crippen molar-refractivity contribution >= 4 is 17.3 Å². The monoisotopic (exact) mass is 287 g/mol. The van der Waals surface area contributed by atoms with Gasteiger partial charge >= 0.3 is 0 Å². The third kappa shape index (κ3) is 3.21. The third-order valence-corrected chi connectivity index (χ3v) is 4.81. The van der Waals surface area contributed by atoms with E-state index in [0.717, 1.165) is 30.9 Å². The van der Waals surface area contributed by atoms with Crippen LogP contribution >= 0.6 is 0 Å². The van der Waals surface area contributed by atoms with E-state index in [2.05, 4.69) is 36.3 Å². The molecule has 1 aromatic rings. The lowest BCUT2D eigenvalue weighted by Crippen LogP contribution is -2.42. The first-order chi connectivity index (χ1) is 10.1. The van der Waals surface area contributed by atoms with Gasteiger partial charge in [0.2, 0.25) is 5.91 Å². The van der Waals surface area contributed by atoms with E-state index in [-0.39, 0.29) is 5.91 Å². The summed E-state index contributed by atoms with van der Waals surface area (Å²) in [6.45, 7) is 4.28. The molecule has 2 atom stereocenters. The second kappa shape index (κ2) is 6.06. The molecular formula is C17H25N3O. The molecule has 0 saturated carbocycles. The van der Waals surface area contributed by atoms with Crippen LogP contribution < -0.4 is 10.2 Å². The molecule has 0 radical (unpaired) electrons. The van der Waals surface area contributed by atoms with Crippen molar-refractivity contribution in [2.75, 3.05) is 30.4 Å². The maximum Gasteiger partial charge on any atom is 0.227 e. The van der Waals surface area contributed by atoms with E-state index in [4.69, 9.17) is 0 Å². The molecule has 114 valence electrons. The fraction of sp³-hybridized carbons (Fsp3) is 0.588. The molecule has 1 aromatic carbocycles. The van der Waals surface area contributed by atoms with E-state index in [9.17, 15) is 4.79 Å². The highest BCUT2D eigenvalue weighted by Crippen LogP contribution is 2.26. The van der Waals surface area contributed by atoms with Gasteiger partial charge in [0.05, 0.1) is 0 Å². The summed E-state index contributed by atoms with van der Waals surface area (Å²) in [4.78, 5) is 16.2. The van der Waals surface area contributed by atoms with Crippen molar-refractivity contribution in [1.82, 2.24) is 4.90 Å². The maximum atomic E-state index is 11.9. The average molecular weight is 287 g/mol. The van der Waals surface area contributed by atoms with Gasteiger partial charge < -0.3 is 15.1 Å². The highest BCUT2D eigenvalue weighted by atomic mass is 16.2. The van der Waals surface area contributed by atoms with Crippen molar-refractivity contribution in [3.63, 3.8) is 0 Å². The lowest BCUT2D eigenvalue weighted by Gasteiger charge is -2.35. The second-order valence-corrected chi connectivity index (χ2v) is 6.39. The number of hydrogen-bond donors (Lipinski definition) is 1. The van der Waals surface area contributed by atoms with Gasteiger partial charge in [-0.1, -0.05) is 6.07 Å². The number of hydrogen-bond acceptors (Lipinski definition) is 3. The molecular weight excluding hydrogens is 262 g/mol. The van der Waals surface area contributed by atoms with Gasteiger partial charge in [0.1, 0.15) is 0 Å². The number of carbonyl (C=O) groups is 1. The molecule has 2 unspecified atom stereocenters. The van der Waals surface area contributed by atoms with Gasteiger partial charge in [-0.15, -0.1) is 0 Å². The molecule has 2 aliphatic heterocycles. The van der Waals surface area contributed by atoms with Crippen LogP contribution in [-0.4, -0.2) is 43.0 Å². The van der Waals surface area contributed by atoms with Gasteiger partial charge in [-0.05, 0) is 51.4 Å². The van der Waals surface area contributed by atoms with Gasteiger partial charge in [0.25, 0.3) is 0 Å². The third-order valence-electron chi connectivity index (χ3n) is 4.81. The van der Waals surface area contributed by atoms with Crippen LogP contribution in [0.1, 0.15) is 32.6 Å². The van der Waals surface area contributed by atoms with Crippen LogP contribution in [0, 0.1) is 0 Å². The van der Waals surface area contributed by atoms with Gasteiger partial charge in [-0.3, -0.25) is 4.79 Å². The summed E-state index contributed by atoms with van der Waals surface area (Å²) in [6.07, 6.45) is 4.00. The Morgan fingerprint density at radius 2 is 2.14 bits per heavy atom. The summed E-state index contributed by atoms with van der Waals surface area (Å²) in [5.74, 6) is 0.250. The molecule has 2 heterocycles. The molecule has 0 spiro atoms. The van der Waals surface area contributed by atoms with Crippen LogP contribution in [-0.2, 0) is 4.79 Å². The van der Waals surface area contributed by atoms with Crippen LogP contribution in [0.15, 0.2) is 24.3 Å². The molecule has 4 nitrogen and oxygen atoms in total. The van der Waals surface area contributed by atoms with Crippen LogP contribution in [0.2, 0.25) is 0 Å². The predicted octanol–water partition coefficient (Wildman–Crippen LogP) is 2.71. The van der Waals surface area contributed by atoms with E-state index in [1.165, 1.54) is 12.8 Å². The SMILES string of the molecule is CC1CC(Nc2cccc(N3CCCC3=O)c2)CCN1C. The standard InChI is InChI=1S/C17H25N3O/c1-13-11-15(8-10-19(13)2)18-14-5-3-6-16(12-14)20-9-4-7-17(20)21/h3,5-6,12-13,15,18H,4,7-11H2,1-2H3. The molecule has 0 bridgehead atoms. The number of benzene rings is 1. The summed E-state index contributed by atoms with van der Waals surface area (Å²) >= 11 is 0. The quantitative estimate of drug-likeness (QED) is 0.928. The number of nitrogens with one attached hydrogen (secondary N) is 1. The van der Waals surface area contributed by atoms with Crippen molar-refractivity contribution in [3.8, 4) is 0 Å². The van der Waals surface area contributed by atoms with E-state index < -0.39 is 0 Å². The Balaban J connectivity index is 1.67. The molecule has 1 amide bonds.